The monoisotopic (exact) mass is 476 g/mol. The number of aliphatic carboxylic acids is 1. The average molecular weight is 477 g/mol. The summed E-state index contributed by atoms with van der Waals surface area (Å²) in [6.45, 7) is 2.26. The molecule has 0 aliphatic heterocycles. The van der Waals surface area contributed by atoms with E-state index >= 15 is 0 Å². The number of hydrogen-bond acceptors (Lipinski definition) is 2. The van der Waals surface area contributed by atoms with Crippen molar-refractivity contribution in [2.75, 3.05) is 0 Å². The van der Waals surface area contributed by atoms with Crippen LogP contribution >= 0.6 is 0 Å². The third-order valence-corrected chi connectivity index (χ3v) is 7.05. The van der Waals surface area contributed by atoms with Gasteiger partial charge in [0, 0.05) is 17.2 Å². The minimum Gasteiger partial charge on any atom is -0.489 e. The van der Waals surface area contributed by atoms with Crippen molar-refractivity contribution < 1.29 is 14.6 Å². The first kappa shape index (κ1) is 27.0. The summed E-state index contributed by atoms with van der Waals surface area (Å²) in [5, 5.41) is 13.6. The van der Waals surface area contributed by atoms with Crippen LogP contribution in [0.5, 0.6) is 5.75 Å². The molecule has 0 bridgehead atoms. The Morgan fingerprint density at radius 1 is 0.714 bits per heavy atom. The number of carbonyl (C=O) groups is 1. The highest BCUT2D eigenvalue weighted by Crippen LogP contribution is 2.36. The van der Waals surface area contributed by atoms with Crippen molar-refractivity contribution in [3.63, 3.8) is 0 Å². The highest BCUT2D eigenvalue weighted by atomic mass is 16.5. The van der Waals surface area contributed by atoms with Crippen LogP contribution in [0.15, 0.2) is 54.6 Å². The standard InChI is InChI=1S/C32H44O3/c1-2-3-11-20-28(21-12-9-7-5-4-6-8-10-13-24-31(33)34)35-32-29-22-16-14-18-26(29)25-27-19-15-17-23-30(27)32/h14-19,22-23,25,28H,2-13,20-21,24H2,1H3,(H,33,34)/t28-/m1/s1. The summed E-state index contributed by atoms with van der Waals surface area (Å²) in [4.78, 5) is 10.6. The molecule has 0 aliphatic rings. The zero-order valence-corrected chi connectivity index (χ0v) is 21.6. The van der Waals surface area contributed by atoms with E-state index in [0.717, 1.165) is 31.4 Å². The predicted molar refractivity (Wildman–Crippen MR) is 148 cm³/mol. The molecule has 0 spiro atoms. The number of fused-ring (bicyclic) bond motifs is 2. The van der Waals surface area contributed by atoms with Crippen molar-refractivity contribution >= 4 is 27.5 Å². The van der Waals surface area contributed by atoms with Crippen molar-refractivity contribution in [3.05, 3.63) is 54.6 Å². The van der Waals surface area contributed by atoms with Crippen molar-refractivity contribution in [2.24, 2.45) is 0 Å². The first-order chi connectivity index (χ1) is 17.2. The van der Waals surface area contributed by atoms with Gasteiger partial charge in [-0.2, -0.15) is 0 Å². The van der Waals surface area contributed by atoms with Crippen LogP contribution in [0, 0.1) is 0 Å². The first-order valence-corrected chi connectivity index (χ1v) is 14.0. The minimum absolute atomic E-state index is 0.269. The molecule has 0 heterocycles. The van der Waals surface area contributed by atoms with E-state index in [1.54, 1.807) is 0 Å². The van der Waals surface area contributed by atoms with Gasteiger partial charge in [0.15, 0.2) is 0 Å². The van der Waals surface area contributed by atoms with Crippen LogP contribution in [-0.4, -0.2) is 17.2 Å². The third-order valence-electron chi connectivity index (χ3n) is 7.05. The summed E-state index contributed by atoms with van der Waals surface area (Å²) >= 11 is 0. The number of ether oxygens (including phenoxy) is 1. The molecule has 0 saturated carbocycles. The smallest absolute Gasteiger partial charge is 0.303 e. The molecule has 3 aromatic rings. The van der Waals surface area contributed by atoms with Gasteiger partial charge in [-0.15, -0.1) is 0 Å². The molecule has 0 saturated heterocycles. The van der Waals surface area contributed by atoms with Gasteiger partial charge >= 0.3 is 5.97 Å². The lowest BCUT2D eigenvalue weighted by atomic mass is 10.0. The SMILES string of the molecule is CCCCC[C@H](CCCCCCCCCCCC(=O)O)Oc1c2ccccc2cc2ccccc12. The van der Waals surface area contributed by atoms with Gasteiger partial charge in [-0.1, -0.05) is 113 Å². The fourth-order valence-corrected chi connectivity index (χ4v) is 5.04. The molecule has 1 atom stereocenters. The van der Waals surface area contributed by atoms with Crippen molar-refractivity contribution in [3.8, 4) is 5.75 Å². The Hall–Kier alpha value is -2.55. The second-order valence-corrected chi connectivity index (χ2v) is 10.00. The quantitative estimate of drug-likeness (QED) is 0.147. The summed E-state index contributed by atoms with van der Waals surface area (Å²) < 4.78 is 6.85. The zero-order valence-electron chi connectivity index (χ0n) is 21.6. The van der Waals surface area contributed by atoms with Crippen LogP contribution in [-0.2, 0) is 4.79 Å². The van der Waals surface area contributed by atoms with Gasteiger partial charge in [0.1, 0.15) is 5.75 Å². The maximum absolute atomic E-state index is 10.6. The molecule has 0 aromatic heterocycles. The van der Waals surface area contributed by atoms with Gasteiger partial charge in [0.25, 0.3) is 0 Å². The summed E-state index contributed by atoms with van der Waals surface area (Å²) in [6, 6.07) is 19.5. The van der Waals surface area contributed by atoms with Crippen LogP contribution in [0.2, 0.25) is 0 Å². The van der Waals surface area contributed by atoms with E-state index in [-0.39, 0.29) is 6.10 Å². The van der Waals surface area contributed by atoms with Gasteiger partial charge in [-0.05, 0) is 48.9 Å². The van der Waals surface area contributed by atoms with Crippen LogP contribution in [0.3, 0.4) is 0 Å². The molecule has 3 aromatic carbocycles. The Bertz CT molecular complexity index is 972. The first-order valence-electron chi connectivity index (χ1n) is 14.0. The molecule has 190 valence electrons. The highest BCUT2D eigenvalue weighted by molar-refractivity contribution is 6.05. The lowest BCUT2D eigenvalue weighted by Crippen LogP contribution is -2.17. The number of unbranched alkanes of at least 4 members (excludes halogenated alkanes) is 10. The number of rotatable bonds is 18. The topological polar surface area (TPSA) is 46.5 Å². The largest absolute Gasteiger partial charge is 0.489 e. The Balaban J connectivity index is 1.50. The summed E-state index contributed by atoms with van der Waals surface area (Å²) in [5.41, 5.74) is 0. The molecule has 1 N–H and O–H groups in total. The van der Waals surface area contributed by atoms with Crippen LogP contribution in [0.25, 0.3) is 21.5 Å². The predicted octanol–water partition coefficient (Wildman–Crippen LogP) is 9.70. The molecular weight excluding hydrogens is 432 g/mol. The normalized spacial score (nSPS) is 12.3. The Morgan fingerprint density at radius 2 is 1.20 bits per heavy atom. The molecule has 3 heteroatoms. The van der Waals surface area contributed by atoms with Gasteiger partial charge < -0.3 is 9.84 Å². The van der Waals surface area contributed by atoms with E-state index in [2.05, 4.69) is 61.5 Å². The lowest BCUT2D eigenvalue weighted by molar-refractivity contribution is -0.137. The molecule has 0 fully saturated rings. The summed E-state index contributed by atoms with van der Waals surface area (Å²) in [7, 11) is 0. The van der Waals surface area contributed by atoms with Gasteiger partial charge in [-0.25, -0.2) is 0 Å². The molecule has 3 nitrogen and oxygen atoms in total. The molecule has 35 heavy (non-hydrogen) atoms. The number of carboxylic acids is 1. The van der Waals surface area contributed by atoms with Crippen LogP contribution < -0.4 is 4.74 Å². The van der Waals surface area contributed by atoms with E-state index in [9.17, 15) is 4.79 Å². The Morgan fingerprint density at radius 3 is 1.74 bits per heavy atom. The number of hydrogen-bond donors (Lipinski definition) is 1. The maximum atomic E-state index is 10.6. The zero-order chi connectivity index (χ0) is 24.7. The van der Waals surface area contributed by atoms with Gasteiger partial charge in [0.2, 0.25) is 0 Å². The summed E-state index contributed by atoms with van der Waals surface area (Å²) in [6.07, 6.45) is 17.2. The van der Waals surface area contributed by atoms with Crippen molar-refractivity contribution in [1.29, 1.82) is 0 Å². The average Bonchev–Trinajstić information content (AvgIpc) is 2.86. The van der Waals surface area contributed by atoms with Crippen LogP contribution in [0.4, 0.5) is 0 Å². The maximum Gasteiger partial charge on any atom is 0.303 e. The van der Waals surface area contributed by atoms with Crippen molar-refractivity contribution in [2.45, 2.75) is 109 Å². The molecule has 0 radical (unpaired) electrons. The Kier molecular flexibility index (Phi) is 11.9. The fraction of sp³-hybridized carbons (Fsp3) is 0.531. The minimum atomic E-state index is -0.671. The van der Waals surface area contributed by atoms with Gasteiger partial charge in [0.05, 0.1) is 6.10 Å². The van der Waals surface area contributed by atoms with E-state index in [1.807, 2.05) is 0 Å². The molecule has 0 amide bonds. The second kappa shape index (κ2) is 15.4. The van der Waals surface area contributed by atoms with E-state index in [1.165, 1.54) is 85.8 Å². The summed E-state index contributed by atoms with van der Waals surface area (Å²) in [5.74, 6) is 0.388. The second-order valence-electron chi connectivity index (χ2n) is 10.00. The fourth-order valence-electron chi connectivity index (χ4n) is 5.04. The third kappa shape index (κ3) is 9.20. The molecule has 0 unspecified atom stereocenters. The molecular formula is C32H44O3. The van der Waals surface area contributed by atoms with E-state index in [4.69, 9.17) is 9.84 Å². The molecule has 3 rings (SSSR count). The lowest BCUT2D eigenvalue weighted by Gasteiger charge is -2.22. The number of carboxylic acid groups (broad SMARTS) is 1. The highest BCUT2D eigenvalue weighted by Gasteiger charge is 2.15. The Labute approximate surface area is 211 Å². The van der Waals surface area contributed by atoms with Crippen molar-refractivity contribution in [1.82, 2.24) is 0 Å². The number of benzene rings is 3. The van der Waals surface area contributed by atoms with Gasteiger partial charge in [-0.3, -0.25) is 4.79 Å². The van der Waals surface area contributed by atoms with Crippen LogP contribution in [0.1, 0.15) is 103 Å². The van der Waals surface area contributed by atoms with E-state index in [0.29, 0.717) is 6.42 Å². The van der Waals surface area contributed by atoms with E-state index < -0.39 is 5.97 Å². The molecule has 0 aliphatic carbocycles.